The van der Waals surface area contributed by atoms with Crippen LogP contribution < -0.4 is 5.73 Å². The Labute approximate surface area is 99.9 Å². The first-order chi connectivity index (χ1) is 7.60. The largest absolute Gasteiger partial charge is 0.378 e. The monoisotopic (exact) mass is 225 g/mol. The van der Waals surface area contributed by atoms with Crippen molar-refractivity contribution in [1.82, 2.24) is 0 Å². The normalized spacial score (nSPS) is 44.8. The molecule has 94 valence electrons. The SMILES string of the molecule is CC1CCC(C)C(N)(CCC2CCCO2)C1. The van der Waals surface area contributed by atoms with E-state index in [9.17, 15) is 0 Å². The van der Waals surface area contributed by atoms with Crippen LogP contribution in [0.5, 0.6) is 0 Å². The van der Waals surface area contributed by atoms with E-state index in [1.54, 1.807) is 0 Å². The topological polar surface area (TPSA) is 35.2 Å². The highest BCUT2D eigenvalue weighted by molar-refractivity contribution is 4.94. The second kappa shape index (κ2) is 5.05. The van der Waals surface area contributed by atoms with Crippen LogP contribution in [-0.2, 0) is 4.74 Å². The maximum absolute atomic E-state index is 6.62. The summed E-state index contributed by atoms with van der Waals surface area (Å²) in [4.78, 5) is 0. The van der Waals surface area contributed by atoms with Crippen LogP contribution in [0.1, 0.15) is 58.8 Å². The second-order valence-corrected chi connectivity index (χ2v) is 6.19. The first kappa shape index (κ1) is 12.4. The summed E-state index contributed by atoms with van der Waals surface area (Å²) >= 11 is 0. The van der Waals surface area contributed by atoms with Gasteiger partial charge in [-0.1, -0.05) is 20.3 Å². The highest BCUT2D eigenvalue weighted by Gasteiger charge is 2.37. The van der Waals surface area contributed by atoms with Crippen molar-refractivity contribution in [2.75, 3.05) is 6.61 Å². The Bertz CT molecular complexity index is 225. The van der Waals surface area contributed by atoms with Gasteiger partial charge in [-0.15, -0.1) is 0 Å². The molecule has 4 unspecified atom stereocenters. The average Bonchev–Trinajstić information content (AvgIpc) is 2.74. The summed E-state index contributed by atoms with van der Waals surface area (Å²) in [6, 6.07) is 0. The van der Waals surface area contributed by atoms with Crippen molar-refractivity contribution in [3.63, 3.8) is 0 Å². The zero-order valence-corrected chi connectivity index (χ0v) is 10.9. The first-order valence-corrected chi connectivity index (χ1v) is 7.00. The first-order valence-electron chi connectivity index (χ1n) is 7.00. The lowest BCUT2D eigenvalue weighted by Crippen LogP contribution is -2.50. The molecule has 0 aromatic rings. The predicted molar refractivity (Wildman–Crippen MR) is 67.3 cm³/mol. The number of ether oxygens (including phenoxy) is 1. The quantitative estimate of drug-likeness (QED) is 0.801. The molecule has 1 saturated carbocycles. The van der Waals surface area contributed by atoms with Crippen LogP contribution in [0.4, 0.5) is 0 Å². The van der Waals surface area contributed by atoms with E-state index in [4.69, 9.17) is 10.5 Å². The summed E-state index contributed by atoms with van der Waals surface area (Å²) in [5.41, 5.74) is 6.70. The van der Waals surface area contributed by atoms with Gasteiger partial charge >= 0.3 is 0 Å². The van der Waals surface area contributed by atoms with Crippen molar-refractivity contribution in [3.8, 4) is 0 Å². The third-order valence-electron chi connectivity index (χ3n) is 4.76. The van der Waals surface area contributed by atoms with Crippen LogP contribution in [0, 0.1) is 11.8 Å². The number of hydrogen-bond donors (Lipinski definition) is 1. The van der Waals surface area contributed by atoms with Gasteiger partial charge in [-0.05, 0) is 50.4 Å². The van der Waals surface area contributed by atoms with Gasteiger partial charge in [0.1, 0.15) is 0 Å². The summed E-state index contributed by atoms with van der Waals surface area (Å²) in [7, 11) is 0. The van der Waals surface area contributed by atoms with Gasteiger partial charge in [0, 0.05) is 12.1 Å². The van der Waals surface area contributed by atoms with Crippen molar-refractivity contribution >= 4 is 0 Å². The van der Waals surface area contributed by atoms with E-state index >= 15 is 0 Å². The average molecular weight is 225 g/mol. The van der Waals surface area contributed by atoms with Gasteiger partial charge in [-0.3, -0.25) is 0 Å². The van der Waals surface area contributed by atoms with Crippen molar-refractivity contribution in [1.29, 1.82) is 0 Å². The van der Waals surface area contributed by atoms with Gasteiger partial charge in [0.05, 0.1) is 6.10 Å². The van der Waals surface area contributed by atoms with Crippen LogP contribution in [0.2, 0.25) is 0 Å². The van der Waals surface area contributed by atoms with Crippen LogP contribution in [-0.4, -0.2) is 18.2 Å². The summed E-state index contributed by atoms with van der Waals surface area (Å²) < 4.78 is 5.70. The fourth-order valence-corrected chi connectivity index (χ4v) is 3.42. The lowest BCUT2D eigenvalue weighted by molar-refractivity contribution is 0.0784. The maximum Gasteiger partial charge on any atom is 0.0576 e. The number of rotatable bonds is 3. The molecule has 2 heteroatoms. The van der Waals surface area contributed by atoms with Crippen molar-refractivity contribution < 1.29 is 4.74 Å². The van der Waals surface area contributed by atoms with Gasteiger partial charge in [0.2, 0.25) is 0 Å². The fourth-order valence-electron chi connectivity index (χ4n) is 3.42. The maximum atomic E-state index is 6.62. The Morgan fingerprint density at radius 2 is 2.06 bits per heavy atom. The van der Waals surface area contributed by atoms with E-state index in [2.05, 4.69) is 13.8 Å². The number of nitrogens with two attached hydrogens (primary N) is 1. The highest BCUT2D eigenvalue weighted by atomic mass is 16.5. The molecule has 2 rings (SSSR count). The van der Waals surface area contributed by atoms with E-state index in [-0.39, 0.29) is 5.54 Å². The molecule has 1 aliphatic carbocycles. The van der Waals surface area contributed by atoms with E-state index in [0.717, 1.165) is 18.9 Å². The molecular weight excluding hydrogens is 198 g/mol. The zero-order valence-electron chi connectivity index (χ0n) is 10.9. The van der Waals surface area contributed by atoms with Crippen LogP contribution in [0.3, 0.4) is 0 Å². The summed E-state index contributed by atoms with van der Waals surface area (Å²) in [5.74, 6) is 1.50. The Morgan fingerprint density at radius 1 is 1.25 bits per heavy atom. The Morgan fingerprint density at radius 3 is 2.75 bits per heavy atom. The third kappa shape index (κ3) is 2.78. The molecule has 0 aromatic carbocycles. The Hall–Kier alpha value is -0.0800. The molecule has 1 heterocycles. The molecule has 0 amide bonds. The minimum absolute atomic E-state index is 0.0869. The molecule has 1 saturated heterocycles. The van der Waals surface area contributed by atoms with E-state index in [0.29, 0.717) is 12.0 Å². The standard InChI is InChI=1S/C14H27NO/c1-11-5-6-12(2)14(15,10-11)8-7-13-4-3-9-16-13/h11-13H,3-10,15H2,1-2H3. The third-order valence-corrected chi connectivity index (χ3v) is 4.76. The summed E-state index contributed by atoms with van der Waals surface area (Å²) in [6.45, 7) is 5.65. The molecule has 2 aliphatic rings. The second-order valence-electron chi connectivity index (χ2n) is 6.19. The van der Waals surface area contributed by atoms with Gasteiger partial charge in [-0.25, -0.2) is 0 Å². The van der Waals surface area contributed by atoms with Crippen molar-refractivity contribution in [3.05, 3.63) is 0 Å². The minimum Gasteiger partial charge on any atom is -0.378 e. The predicted octanol–water partition coefficient (Wildman–Crippen LogP) is 3.10. The summed E-state index contributed by atoms with van der Waals surface area (Å²) in [6.07, 6.45) is 9.21. The lowest BCUT2D eigenvalue weighted by Gasteiger charge is -2.43. The molecular formula is C14H27NO. The lowest BCUT2D eigenvalue weighted by atomic mass is 9.68. The van der Waals surface area contributed by atoms with Crippen molar-refractivity contribution in [2.45, 2.75) is 70.4 Å². The molecule has 1 aliphatic heterocycles. The smallest absolute Gasteiger partial charge is 0.0576 e. The van der Waals surface area contributed by atoms with Gasteiger partial charge in [-0.2, -0.15) is 0 Å². The molecule has 0 aromatic heterocycles. The van der Waals surface area contributed by atoms with Gasteiger partial charge < -0.3 is 10.5 Å². The highest BCUT2D eigenvalue weighted by Crippen LogP contribution is 2.38. The van der Waals surface area contributed by atoms with Crippen LogP contribution >= 0.6 is 0 Å². The Kier molecular flexibility index (Phi) is 3.91. The molecule has 2 nitrogen and oxygen atoms in total. The molecule has 4 atom stereocenters. The van der Waals surface area contributed by atoms with Crippen LogP contribution in [0.25, 0.3) is 0 Å². The van der Waals surface area contributed by atoms with Gasteiger partial charge in [0.15, 0.2) is 0 Å². The van der Waals surface area contributed by atoms with E-state index < -0.39 is 0 Å². The van der Waals surface area contributed by atoms with Crippen molar-refractivity contribution in [2.24, 2.45) is 17.6 Å². The minimum atomic E-state index is 0.0869. The fraction of sp³-hybridized carbons (Fsp3) is 1.00. The van der Waals surface area contributed by atoms with Gasteiger partial charge in [0.25, 0.3) is 0 Å². The van der Waals surface area contributed by atoms with E-state index in [1.807, 2.05) is 0 Å². The summed E-state index contributed by atoms with van der Waals surface area (Å²) in [5, 5.41) is 0. The molecule has 2 N–H and O–H groups in total. The van der Waals surface area contributed by atoms with Crippen LogP contribution in [0.15, 0.2) is 0 Å². The molecule has 0 spiro atoms. The Balaban J connectivity index is 1.84. The molecule has 0 radical (unpaired) electrons. The molecule has 0 bridgehead atoms. The molecule has 2 fully saturated rings. The molecule has 16 heavy (non-hydrogen) atoms. The number of hydrogen-bond acceptors (Lipinski definition) is 2. The zero-order chi connectivity index (χ0) is 11.6. The van der Waals surface area contributed by atoms with E-state index in [1.165, 1.54) is 38.5 Å².